The van der Waals surface area contributed by atoms with Crippen LogP contribution in [0.1, 0.15) is 16.1 Å². The lowest BCUT2D eigenvalue weighted by molar-refractivity contribution is 0.0515. The van der Waals surface area contributed by atoms with Gasteiger partial charge in [-0.2, -0.15) is 0 Å². The van der Waals surface area contributed by atoms with Crippen LogP contribution in [-0.4, -0.2) is 31.1 Å². The molecule has 0 spiro atoms. The van der Waals surface area contributed by atoms with E-state index in [1.807, 2.05) is 31.2 Å². The van der Waals surface area contributed by atoms with Crippen molar-refractivity contribution < 1.29 is 17.9 Å². The minimum Gasteiger partial charge on any atom is -0.438 e. The van der Waals surface area contributed by atoms with Crippen LogP contribution >= 0.6 is 0 Å². The number of nitrogens with zero attached hydrogens (tertiary/aromatic N) is 2. The first-order valence-corrected chi connectivity index (χ1v) is 13.0. The van der Waals surface area contributed by atoms with Crippen LogP contribution in [0.4, 0.5) is 17.1 Å². The van der Waals surface area contributed by atoms with Gasteiger partial charge in [-0.1, -0.05) is 54.1 Å². The van der Waals surface area contributed by atoms with E-state index in [4.69, 9.17) is 4.74 Å². The topological polar surface area (TPSA) is 104 Å². The Labute approximate surface area is 214 Å². The van der Waals surface area contributed by atoms with Crippen LogP contribution in [0.25, 0.3) is 10.9 Å². The van der Waals surface area contributed by atoms with Crippen molar-refractivity contribution in [2.24, 2.45) is 0 Å². The van der Waals surface area contributed by atoms with Gasteiger partial charge in [-0.25, -0.2) is 17.5 Å². The molecular weight excluding hydrogens is 488 g/mol. The van der Waals surface area contributed by atoms with E-state index in [1.165, 1.54) is 12.1 Å². The van der Waals surface area contributed by atoms with E-state index in [0.29, 0.717) is 11.4 Å². The van der Waals surface area contributed by atoms with E-state index in [-0.39, 0.29) is 10.6 Å². The van der Waals surface area contributed by atoms with Crippen LogP contribution in [0, 0.1) is 6.92 Å². The van der Waals surface area contributed by atoms with Crippen molar-refractivity contribution in [3.05, 3.63) is 115 Å². The largest absolute Gasteiger partial charge is 0.438 e. The SMILES string of the molecule is Cc1ccc(S(=O)(=O)N(COC(=O)c2[nH]c3ccccc3c2Nc2ccncc2)c2ccccc2)cc1. The summed E-state index contributed by atoms with van der Waals surface area (Å²) >= 11 is 0. The number of rotatable bonds is 8. The monoisotopic (exact) mass is 512 g/mol. The number of sulfonamides is 1. The van der Waals surface area contributed by atoms with Gasteiger partial charge in [0, 0.05) is 29.0 Å². The highest BCUT2D eigenvalue weighted by atomic mass is 32.2. The molecule has 37 heavy (non-hydrogen) atoms. The van der Waals surface area contributed by atoms with Crippen molar-refractivity contribution in [3.8, 4) is 0 Å². The molecule has 0 bridgehead atoms. The van der Waals surface area contributed by atoms with Crippen LogP contribution in [-0.2, 0) is 14.8 Å². The maximum Gasteiger partial charge on any atom is 0.358 e. The molecule has 0 saturated carbocycles. The van der Waals surface area contributed by atoms with Crippen molar-refractivity contribution in [1.82, 2.24) is 9.97 Å². The molecule has 0 unspecified atom stereocenters. The summed E-state index contributed by atoms with van der Waals surface area (Å²) in [5.41, 5.74) is 3.49. The first-order valence-electron chi connectivity index (χ1n) is 11.5. The lowest BCUT2D eigenvalue weighted by atomic mass is 10.2. The summed E-state index contributed by atoms with van der Waals surface area (Å²) in [5, 5.41) is 4.04. The third-order valence-electron chi connectivity index (χ3n) is 5.83. The fraction of sp³-hybridized carbons (Fsp3) is 0.0714. The van der Waals surface area contributed by atoms with Gasteiger partial charge in [-0.3, -0.25) is 4.98 Å². The number of nitrogens with one attached hydrogen (secondary N) is 2. The smallest absolute Gasteiger partial charge is 0.358 e. The van der Waals surface area contributed by atoms with Crippen LogP contribution in [0.5, 0.6) is 0 Å². The maximum absolute atomic E-state index is 13.6. The second-order valence-electron chi connectivity index (χ2n) is 8.34. The molecule has 3 aromatic carbocycles. The molecule has 186 valence electrons. The molecular formula is C28H24N4O4S. The highest BCUT2D eigenvalue weighted by molar-refractivity contribution is 7.92. The van der Waals surface area contributed by atoms with Gasteiger partial charge in [0.25, 0.3) is 10.0 Å². The molecule has 0 fully saturated rings. The van der Waals surface area contributed by atoms with Crippen LogP contribution in [0.15, 0.2) is 108 Å². The Bertz CT molecular complexity index is 1630. The van der Waals surface area contributed by atoms with Crippen LogP contribution in [0.2, 0.25) is 0 Å². The minimum absolute atomic E-state index is 0.101. The van der Waals surface area contributed by atoms with E-state index >= 15 is 0 Å². The lowest BCUT2D eigenvalue weighted by Crippen LogP contribution is -2.34. The number of esters is 1. The van der Waals surface area contributed by atoms with E-state index in [0.717, 1.165) is 26.5 Å². The molecule has 0 aliphatic heterocycles. The first-order chi connectivity index (χ1) is 17.9. The second-order valence-corrected chi connectivity index (χ2v) is 10.2. The number of aromatic nitrogens is 2. The Balaban J connectivity index is 1.47. The molecule has 0 atom stereocenters. The normalized spacial score (nSPS) is 11.3. The second kappa shape index (κ2) is 10.2. The summed E-state index contributed by atoms with van der Waals surface area (Å²) in [6.45, 7) is 1.37. The molecule has 0 aliphatic carbocycles. The van der Waals surface area contributed by atoms with Crippen LogP contribution in [0.3, 0.4) is 0 Å². The average Bonchev–Trinajstić information content (AvgIpc) is 3.28. The Morgan fingerprint density at radius 1 is 0.919 bits per heavy atom. The zero-order chi connectivity index (χ0) is 25.8. The molecule has 0 aliphatic rings. The fourth-order valence-electron chi connectivity index (χ4n) is 3.91. The number of anilines is 3. The van der Waals surface area contributed by atoms with Gasteiger partial charge in [0.1, 0.15) is 5.69 Å². The molecule has 2 N–H and O–H groups in total. The van der Waals surface area contributed by atoms with Crippen molar-refractivity contribution >= 4 is 44.0 Å². The van der Waals surface area contributed by atoms with Gasteiger partial charge >= 0.3 is 5.97 Å². The van der Waals surface area contributed by atoms with E-state index < -0.39 is 22.7 Å². The highest BCUT2D eigenvalue weighted by Gasteiger charge is 2.27. The van der Waals surface area contributed by atoms with E-state index in [2.05, 4.69) is 15.3 Å². The summed E-state index contributed by atoms with van der Waals surface area (Å²) in [7, 11) is -4.01. The number of para-hydroxylation sites is 2. The zero-order valence-corrected chi connectivity index (χ0v) is 20.8. The Morgan fingerprint density at radius 2 is 1.59 bits per heavy atom. The third kappa shape index (κ3) is 5.03. The number of fused-ring (bicyclic) bond motifs is 1. The van der Waals surface area contributed by atoms with Gasteiger partial charge in [0.05, 0.1) is 16.3 Å². The van der Waals surface area contributed by atoms with Crippen molar-refractivity contribution in [2.45, 2.75) is 11.8 Å². The number of carbonyl (C=O) groups excluding carboxylic acids is 1. The van der Waals surface area contributed by atoms with Crippen molar-refractivity contribution in [3.63, 3.8) is 0 Å². The van der Waals surface area contributed by atoms with Gasteiger partial charge in [-0.05, 0) is 49.4 Å². The summed E-state index contributed by atoms with van der Waals surface area (Å²) < 4.78 is 33.8. The standard InChI is InChI=1S/C28H24N4O4S/c1-20-11-13-23(14-12-20)37(34,35)32(22-7-3-2-4-8-22)19-36-28(33)27-26(30-21-15-17-29-18-16-21)24-9-5-6-10-25(24)31-27/h2-18,31H,19H2,1H3,(H,29,30). The predicted octanol–water partition coefficient (Wildman–Crippen LogP) is 5.62. The number of ether oxygens (including phenoxy) is 1. The maximum atomic E-state index is 13.6. The molecule has 0 radical (unpaired) electrons. The summed E-state index contributed by atoms with van der Waals surface area (Å²) in [6, 6.07) is 26.1. The molecule has 2 aromatic heterocycles. The Kier molecular flexibility index (Phi) is 6.61. The fourth-order valence-corrected chi connectivity index (χ4v) is 5.23. The Hall–Kier alpha value is -4.63. The molecule has 2 heterocycles. The summed E-state index contributed by atoms with van der Waals surface area (Å²) in [6.07, 6.45) is 3.28. The van der Waals surface area contributed by atoms with Gasteiger partial charge in [0.15, 0.2) is 6.73 Å². The van der Waals surface area contributed by atoms with E-state index in [1.54, 1.807) is 67.0 Å². The quantitative estimate of drug-likeness (QED) is 0.206. The number of hydrogen-bond acceptors (Lipinski definition) is 6. The number of pyridine rings is 1. The zero-order valence-electron chi connectivity index (χ0n) is 20.0. The summed E-state index contributed by atoms with van der Waals surface area (Å²) in [5.74, 6) is -0.701. The van der Waals surface area contributed by atoms with Gasteiger partial charge < -0.3 is 15.0 Å². The summed E-state index contributed by atoms with van der Waals surface area (Å²) in [4.78, 5) is 20.6. The molecule has 8 nitrogen and oxygen atoms in total. The molecule has 0 saturated heterocycles. The number of aromatic amines is 1. The third-order valence-corrected chi connectivity index (χ3v) is 7.59. The average molecular weight is 513 g/mol. The number of aryl methyl sites for hydroxylation is 1. The number of benzene rings is 3. The highest BCUT2D eigenvalue weighted by Crippen LogP contribution is 2.31. The molecule has 5 rings (SSSR count). The van der Waals surface area contributed by atoms with E-state index in [9.17, 15) is 13.2 Å². The first kappa shape index (κ1) is 24.1. The van der Waals surface area contributed by atoms with Crippen molar-refractivity contribution in [2.75, 3.05) is 16.4 Å². The minimum atomic E-state index is -4.01. The van der Waals surface area contributed by atoms with Gasteiger partial charge in [0.2, 0.25) is 0 Å². The van der Waals surface area contributed by atoms with Crippen molar-refractivity contribution in [1.29, 1.82) is 0 Å². The van der Waals surface area contributed by atoms with Gasteiger partial charge in [-0.15, -0.1) is 0 Å². The number of carbonyl (C=O) groups is 1. The molecule has 0 amide bonds. The van der Waals surface area contributed by atoms with Crippen LogP contribution < -0.4 is 9.62 Å². The number of H-pyrrole nitrogens is 1. The molecule has 9 heteroatoms. The predicted molar refractivity (Wildman–Crippen MR) is 143 cm³/mol. The number of hydrogen-bond donors (Lipinski definition) is 2. The molecule has 5 aromatic rings. The Morgan fingerprint density at radius 3 is 2.32 bits per heavy atom. The lowest BCUT2D eigenvalue weighted by Gasteiger charge is -2.24.